The average molecular weight is 371 g/mol. The molecule has 1 amide bonds. The van der Waals surface area contributed by atoms with Crippen molar-refractivity contribution >= 4 is 23.4 Å². The molecule has 0 aliphatic carbocycles. The number of methoxy groups -OCH3 is 1. The molecule has 0 radical (unpaired) electrons. The van der Waals surface area contributed by atoms with Crippen LogP contribution in [-0.4, -0.2) is 49.3 Å². The molecule has 1 saturated heterocycles. The highest BCUT2D eigenvalue weighted by Gasteiger charge is 2.26. The van der Waals surface area contributed by atoms with E-state index in [1.54, 1.807) is 18.9 Å². The van der Waals surface area contributed by atoms with Crippen LogP contribution in [0.25, 0.3) is 0 Å². The van der Waals surface area contributed by atoms with E-state index in [4.69, 9.17) is 4.74 Å². The maximum atomic E-state index is 12.7. The van der Waals surface area contributed by atoms with E-state index in [9.17, 15) is 4.79 Å². The smallest absolute Gasteiger partial charge is 0.235 e. The highest BCUT2D eigenvalue weighted by molar-refractivity contribution is 7.99. The molecule has 5 heteroatoms. The van der Waals surface area contributed by atoms with E-state index >= 15 is 0 Å². The number of thioether (sulfide) groups is 1. The van der Waals surface area contributed by atoms with Gasteiger partial charge in [-0.2, -0.15) is 0 Å². The Morgan fingerprint density at radius 1 is 1.04 bits per heavy atom. The third-order valence-electron chi connectivity index (χ3n) is 4.71. The molecule has 3 rings (SSSR count). The normalized spacial score (nSPS) is 15.6. The van der Waals surface area contributed by atoms with E-state index in [-0.39, 0.29) is 11.2 Å². The van der Waals surface area contributed by atoms with Crippen LogP contribution in [0.5, 0.6) is 5.75 Å². The summed E-state index contributed by atoms with van der Waals surface area (Å²) in [6.07, 6.45) is 0. The van der Waals surface area contributed by atoms with Gasteiger partial charge in [0.25, 0.3) is 0 Å². The predicted octanol–water partition coefficient (Wildman–Crippen LogP) is 3.67. The van der Waals surface area contributed by atoms with Crippen molar-refractivity contribution in [2.75, 3.05) is 38.2 Å². The van der Waals surface area contributed by atoms with Crippen molar-refractivity contribution in [3.05, 3.63) is 60.2 Å². The number of carbonyl (C=O) groups is 1. The number of nitrogens with zero attached hydrogens (tertiary/aromatic N) is 2. The first-order valence-electron chi connectivity index (χ1n) is 9.01. The van der Waals surface area contributed by atoms with E-state index in [1.807, 2.05) is 48.2 Å². The fourth-order valence-corrected chi connectivity index (χ4v) is 4.11. The summed E-state index contributed by atoms with van der Waals surface area (Å²) in [6, 6.07) is 18.4. The summed E-state index contributed by atoms with van der Waals surface area (Å²) in [5.41, 5.74) is 2.37. The Balaban J connectivity index is 1.51. The molecule has 2 aromatic rings. The van der Waals surface area contributed by atoms with Crippen molar-refractivity contribution in [3.63, 3.8) is 0 Å². The Bertz CT molecular complexity index is 715. The first-order valence-corrected chi connectivity index (χ1v) is 10.1. The highest BCUT2D eigenvalue weighted by atomic mass is 32.2. The number of rotatable bonds is 6. The molecule has 0 N–H and O–H groups in total. The van der Waals surface area contributed by atoms with Crippen molar-refractivity contribution in [2.24, 2.45) is 0 Å². The zero-order valence-corrected chi connectivity index (χ0v) is 16.2. The van der Waals surface area contributed by atoms with Crippen LogP contribution in [-0.2, 0) is 10.5 Å². The van der Waals surface area contributed by atoms with E-state index in [2.05, 4.69) is 23.1 Å². The van der Waals surface area contributed by atoms with Gasteiger partial charge in [-0.15, -0.1) is 11.8 Å². The molecule has 1 fully saturated rings. The third-order valence-corrected chi connectivity index (χ3v) is 5.91. The zero-order chi connectivity index (χ0) is 18.4. The van der Waals surface area contributed by atoms with E-state index < -0.39 is 0 Å². The third kappa shape index (κ3) is 4.52. The number of hydrogen-bond donors (Lipinski definition) is 0. The standard InChI is InChI=1S/C21H26N2O2S/c1-17(26-16-18-8-4-3-5-9-18)21(24)23-14-12-22(13-15-23)19-10-6-7-11-20(19)25-2/h3-11,17H,12-16H2,1-2H3/t17-/m1/s1. The molecular weight excluding hydrogens is 344 g/mol. The van der Waals surface area contributed by atoms with Gasteiger partial charge in [-0.05, 0) is 24.6 Å². The monoisotopic (exact) mass is 370 g/mol. The summed E-state index contributed by atoms with van der Waals surface area (Å²) in [4.78, 5) is 17.0. The van der Waals surface area contributed by atoms with Crippen LogP contribution >= 0.6 is 11.8 Å². The lowest BCUT2D eigenvalue weighted by Crippen LogP contribution is -2.50. The topological polar surface area (TPSA) is 32.8 Å². The van der Waals surface area contributed by atoms with Crippen molar-refractivity contribution in [1.82, 2.24) is 4.90 Å². The Morgan fingerprint density at radius 2 is 1.69 bits per heavy atom. The largest absolute Gasteiger partial charge is 0.495 e. The second-order valence-corrected chi connectivity index (χ2v) is 7.75. The number of para-hydroxylation sites is 2. The second kappa shape index (κ2) is 8.99. The van der Waals surface area contributed by atoms with Gasteiger partial charge < -0.3 is 14.5 Å². The predicted molar refractivity (Wildman–Crippen MR) is 109 cm³/mol. The molecule has 2 aromatic carbocycles. The molecule has 0 spiro atoms. The number of anilines is 1. The second-order valence-electron chi connectivity index (χ2n) is 6.42. The van der Waals surface area contributed by atoms with Gasteiger partial charge >= 0.3 is 0 Å². The fraction of sp³-hybridized carbons (Fsp3) is 0.381. The number of hydrogen-bond acceptors (Lipinski definition) is 4. The Hall–Kier alpha value is -2.14. The van der Waals surface area contributed by atoms with Crippen molar-refractivity contribution in [1.29, 1.82) is 0 Å². The van der Waals surface area contributed by atoms with Gasteiger partial charge in [0.15, 0.2) is 0 Å². The van der Waals surface area contributed by atoms with Gasteiger partial charge in [0.2, 0.25) is 5.91 Å². The molecule has 138 valence electrons. The van der Waals surface area contributed by atoms with Crippen LogP contribution in [0.2, 0.25) is 0 Å². The van der Waals surface area contributed by atoms with Crippen LogP contribution in [0.4, 0.5) is 5.69 Å². The zero-order valence-electron chi connectivity index (χ0n) is 15.4. The fourth-order valence-electron chi connectivity index (χ4n) is 3.18. The van der Waals surface area contributed by atoms with Crippen LogP contribution in [0.3, 0.4) is 0 Å². The molecule has 0 unspecified atom stereocenters. The molecule has 1 aliphatic rings. The molecule has 1 aliphatic heterocycles. The number of ether oxygens (including phenoxy) is 1. The highest BCUT2D eigenvalue weighted by Crippen LogP contribution is 2.28. The molecule has 1 atom stereocenters. The van der Waals surface area contributed by atoms with Gasteiger partial charge in [0, 0.05) is 31.9 Å². The molecule has 0 aromatic heterocycles. The van der Waals surface area contributed by atoms with Crippen LogP contribution in [0.15, 0.2) is 54.6 Å². The molecular formula is C21H26N2O2S. The number of piperazine rings is 1. The molecule has 4 nitrogen and oxygen atoms in total. The summed E-state index contributed by atoms with van der Waals surface area (Å²) in [5.74, 6) is 2.00. The molecule has 1 heterocycles. The molecule has 0 bridgehead atoms. The van der Waals surface area contributed by atoms with E-state index in [0.717, 1.165) is 43.4 Å². The summed E-state index contributed by atoms with van der Waals surface area (Å²) in [7, 11) is 1.70. The quantitative estimate of drug-likeness (QED) is 0.777. The maximum Gasteiger partial charge on any atom is 0.235 e. The Morgan fingerprint density at radius 3 is 2.38 bits per heavy atom. The molecule has 26 heavy (non-hydrogen) atoms. The minimum atomic E-state index is -0.0204. The van der Waals surface area contributed by atoms with Crippen LogP contribution in [0.1, 0.15) is 12.5 Å². The van der Waals surface area contributed by atoms with Crippen molar-refractivity contribution in [3.8, 4) is 5.75 Å². The molecule has 0 saturated carbocycles. The van der Waals surface area contributed by atoms with Crippen LogP contribution in [0, 0.1) is 0 Å². The van der Waals surface area contributed by atoms with Gasteiger partial charge in [-0.25, -0.2) is 0 Å². The minimum absolute atomic E-state index is 0.0204. The SMILES string of the molecule is COc1ccccc1N1CCN(C(=O)[C@@H](C)SCc2ccccc2)CC1. The average Bonchev–Trinajstić information content (AvgIpc) is 2.72. The first-order chi connectivity index (χ1) is 12.7. The summed E-state index contributed by atoms with van der Waals surface area (Å²) in [6.45, 7) is 5.20. The van der Waals surface area contributed by atoms with Gasteiger partial charge in [0.05, 0.1) is 18.0 Å². The summed E-state index contributed by atoms with van der Waals surface area (Å²) >= 11 is 1.71. The Kier molecular flexibility index (Phi) is 6.45. The Labute approximate surface area is 160 Å². The number of carbonyl (C=O) groups excluding carboxylic acids is 1. The number of benzene rings is 2. The minimum Gasteiger partial charge on any atom is -0.495 e. The number of amides is 1. The lowest BCUT2D eigenvalue weighted by molar-refractivity contribution is -0.130. The lowest BCUT2D eigenvalue weighted by Gasteiger charge is -2.37. The van der Waals surface area contributed by atoms with Gasteiger partial charge in [-0.3, -0.25) is 4.79 Å². The lowest BCUT2D eigenvalue weighted by atomic mass is 10.2. The summed E-state index contributed by atoms with van der Waals surface area (Å²) in [5, 5.41) is -0.0204. The van der Waals surface area contributed by atoms with E-state index in [0.29, 0.717) is 0 Å². The maximum absolute atomic E-state index is 12.7. The summed E-state index contributed by atoms with van der Waals surface area (Å²) < 4.78 is 5.46. The van der Waals surface area contributed by atoms with Crippen molar-refractivity contribution in [2.45, 2.75) is 17.9 Å². The van der Waals surface area contributed by atoms with E-state index in [1.165, 1.54) is 5.56 Å². The van der Waals surface area contributed by atoms with Crippen molar-refractivity contribution < 1.29 is 9.53 Å². The van der Waals surface area contributed by atoms with Gasteiger partial charge in [-0.1, -0.05) is 42.5 Å². The van der Waals surface area contributed by atoms with Gasteiger partial charge in [0.1, 0.15) is 5.75 Å². The van der Waals surface area contributed by atoms with Crippen LogP contribution < -0.4 is 9.64 Å². The first kappa shape index (κ1) is 18.6.